The highest BCUT2D eigenvalue weighted by atomic mass is 32.2. The van der Waals surface area contributed by atoms with Crippen LogP contribution >= 0.6 is 11.3 Å². The van der Waals surface area contributed by atoms with Crippen LogP contribution in [-0.4, -0.2) is 62.7 Å². The van der Waals surface area contributed by atoms with Gasteiger partial charge in [-0.25, -0.2) is 13.2 Å². The summed E-state index contributed by atoms with van der Waals surface area (Å²) in [6.07, 6.45) is 0.295. The summed E-state index contributed by atoms with van der Waals surface area (Å²) >= 11 is 1.10. The third-order valence-corrected chi connectivity index (χ3v) is 8.97. The highest BCUT2D eigenvalue weighted by Gasteiger charge is 2.36. The molecule has 14 heteroatoms. The number of carbonyl (C=O) groups is 1. The smallest absolute Gasteiger partial charge is 0.412 e. The second-order valence-corrected chi connectivity index (χ2v) is 11.9. The number of pyridine rings is 1. The van der Waals surface area contributed by atoms with Crippen molar-refractivity contribution in [1.82, 2.24) is 19.3 Å². The zero-order valence-electron chi connectivity index (χ0n) is 21.5. The third-order valence-electron chi connectivity index (χ3n) is 6.40. The van der Waals surface area contributed by atoms with E-state index >= 15 is 0 Å². The molecule has 2 atom stereocenters. The maximum Gasteiger partial charge on any atom is 0.412 e. The maximum absolute atomic E-state index is 14.0. The number of nitrogens with zero attached hydrogens (tertiary/aromatic N) is 5. The number of rotatable bonds is 11. The number of hydrogen-bond acceptors (Lipinski definition) is 10. The molecule has 2 unspecified atom stereocenters. The van der Waals surface area contributed by atoms with Crippen molar-refractivity contribution in [2.24, 2.45) is 0 Å². The Morgan fingerprint density at radius 2 is 1.88 bits per heavy atom. The molecule has 12 nitrogen and oxygen atoms in total. The molecule has 0 radical (unpaired) electrons. The number of aliphatic hydroxyl groups excluding tert-OH is 1. The molecule has 4 N–H and O–H groups in total. The second-order valence-electron chi connectivity index (χ2n) is 9.12. The molecule has 0 fully saturated rings. The van der Waals surface area contributed by atoms with Crippen LogP contribution in [0.5, 0.6) is 0 Å². The molecule has 0 saturated carbocycles. The Kier molecular flexibility index (Phi) is 8.26. The van der Waals surface area contributed by atoms with E-state index in [-0.39, 0.29) is 29.5 Å². The molecule has 5 aromatic rings. The van der Waals surface area contributed by atoms with Gasteiger partial charge in [0.15, 0.2) is 5.58 Å². The summed E-state index contributed by atoms with van der Waals surface area (Å²) in [6, 6.07) is 17.2. The van der Waals surface area contributed by atoms with Crippen molar-refractivity contribution in [3.8, 4) is 0 Å². The van der Waals surface area contributed by atoms with Gasteiger partial charge in [-0.2, -0.15) is 9.29 Å². The first kappa shape index (κ1) is 28.2. The number of hydrogen-bond donors (Lipinski definition) is 3. The van der Waals surface area contributed by atoms with E-state index in [0.717, 1.165) is 26.1 Å². The molecule has 2 aromatic carbocycles. The van der Waals surface area contributed by atoms with Crippen LogP contribution in [0.4, 0.5) is 15.8 Å². The standard InChI is InChI=1S/C27H26N6O6S2/c28-26-31-21-10-9-20(13-24(21)39-26)41(37,38)32(15-19-8-4-5-11-30-19)16-23(34)22(12-18-6-2-1-3-7-18)33(27(35)36)25-14-29-17-40-25/h1-11,13-14,17,22-23,34H,12,15-16H2,(H2,28,31)(H,35,36). The van der Waals surface area contributed by atoms with Gasteiger partial charge in [-0.05, 0) is 36.2 Å². The largest absolute Gasteiger partial charge is 0.465 e. The van der Waals surface area contributed by atoms with E-state index in [0.29, 0.717) is 16.2 Å². The predicted molar refractivity (Wildman–Crippen MR) is 153 cm³/mol. The van der Waals surface area contributed by atoms with Gasteiger partial charge in [0, 0.05) is 18.8 Å². The lowest BCUT2D eigenvalue weighted by Crippen LogP contribution is -2.52. The number of benzene rings is 2. The van der Waals surface area contributed by atoms with Crippen molar-refractivity contribution >= 4 is 49.6 Å². The summed E-state index contributed by atoms with van der Waals surface area (Å²) in [5.74, 6) is 0. The molecule has 0 aliphatic rings. The van der Waals surface area contributed by atoms with Crippen molar-refractivity contribution in [1.29, 1.82) is 0 Å². The summed E-state index contributed by atoms with van der Waals surface area (Å²) in [4.78, 5) is 25.7. The van der Waals surface area contributed by atoms with Gasteiger partial charge in [0.2, 0.25) is 10.0 Å². The minimum absolute atomic E-state index is 0.101. The number of sulfonamides is 1. The molecule has 0 aliphatic carbocycles. The lowest BCUT2D eigenvalue weighted by Gasteiger charge is -2.34. The lowest BCUT2D eigenvalue weighted by molar-refractivity contribution is 0.110. The predicted octanol–water partition coefficient (Wildman–Crippen LogP) is 3.61. The molecule has 3 heterocycles. The minimum Gasteiger partial charge on any atom is -0.465 e. The van der Waals surface area contributed by atoms with Crippen LogP contribution in [0.3, 0.4) is 0 Å². The number of nitrogen functional groups attached to an aromatic ring is 1. The van der Waals surface area contributed by atoms with E-state index in [1.54, 1.807) is 30.3 Å². The van der Waals surface area contributed by atoms with Gasteiger partial charge in [-0.15, -0.1) is 11.3 Å². The fourth-order valence-corrected chi connectivity index (χ4v) is 6.59. The zero-order valence-corrected chi connectivity index (χ0v) is 23.1. The zero-order chi connectivity index (χ0) is 29.0. The first-order chi connectivity index (χ1) is 19.7. The van der Waals surface area contributed by atoms with E-state index in [9.17, 15) is 23.4 Å². The van der Waals surface area contributed by atoms with Crippen LogP contribution < -0.4 is 10.6 Å². The number of nitrogens with two attached hydrogens (primary N) is 1. The number of fused-ring (bicyclic) bond motifs is 1. The molecule has 41 heavy (non-hydrogen) atoms. The average Bonchev–Trinajstić information content (AvgIpc) is 3.62. The van der Waals surface area contributed by atoms with Crippen molar-refractivity contribution < 1.29 is 27.8 Å². The normalized spacial score (nSPS) is 13.3. The van der Waals surface area contributed by atoms with Gasteiger partial charge in [0.1, 0.15) is 10.5 Å². The molecule has 0 aliphatic heterocycles. The molecule has 5 rings (SSSR count). The van der Waals surface area contributed by atoms with Crippen LogP contribution in [0.1, 0.15) is 11.3 Å². The number of anilines is 2. The third kappa shape index (κ3) is 6.36. The van der Waals surface area contributed by atoms with E-state index in [4.69, 9.17) is 10.2 Å². The van der Waals surface area contributed by atoms with Crippen molar-refractivity contribution in [2.45, 2.75) is 30.0 Å². The molecule has 0 saturated heterocycles. The fraction of sp³-hybridized carbons (Fsp3) is 0.185. The number of oxazole rings is 1. The summed E-state index contributed by atoms with van der Waals surface area (Å²) in [7, 11) is -4.25. The first-order valence-corrected chi connectivity index (χ1v) is 14.7. The van der Waals surface area contributed by atoms with Gasteiger partial charge >= 0.3 is 6.09 Å². The van der Waals surface area contributed by atoms with Crippen LogP contribution in [0, 0.1) is 0 Å². The van der Waals surface area contributed by atoms with E-state index in [1.807, 2.05) is 18.2 Å². The SMILES string of the molecule is Nc1nc2ccc(S(=O)(=O)N(Cc3ccccn3)CC(O)C(Cc3ccccc3)N(C(=O)O)c3cncs3)cc2o1. The highest BCUT2D eigenvalue weighted by Crippen LogP contribution is 2.28. The van der Waals surface area contributed by atoms with E-state index in [2.05, 4.69) is 15.0 Å². The molecule has 1 amide bonds. The van der Waals surface area contributed by atoms with Gasteiger partial charge in [-0.3, -0.25) is 14.9 Å². The summed E-state index contributed by atoms with van der Waals surface area (Å²) in [5.41, 5.74) is 8.90. The van der Waals surface area contributed by atoms with Gasteiger partial charge < -0.3 is 20.4 Å². The van der Waals surface area contributed by atoms with Crippen LogP contribution in [0.2, 0.25) is 0 Å². The Hall–Kier alpha value is -4.37. The van der Waals surface area contributed by atoms with Crippen molar-refractivity contribution in [2.75, 3.05) is 17.2 Å². The summed E-state index contributed by atoms with van der Waals surface area (Å²) in [5, 5.41) is 22.1. The van der Waals surface area contributed by atoms with Gasteiger partial charge in [0.05, 0.1) is 41.0 Å². The Balaban J connectivity index is 1.53. The van der Waals surface area contributed by atoms with Gasteiger partial charge in [-0.1, -0.05) is 36.4 Å². The number of carboxylic acid groups (broad SMARTS) is 1. The summed E-state index contributed by atoms with van der Waals surface area (Å²) in [6.45, 7) is -0.613. The monoisotopic (exact) mass is 594 g/mol. The van der Waals surface area contributed by atoms with Crippen LogP contribution in [0.15, 0.2) is 93.9 Å². The van der Waals surface area contributed by atoms with Gasteiger partial charge in [0.25, 0.3) is 6.01 Å². The first-order valence-electron chi connectivity index (χ1n) is 12.4. The Bertz CT molecular complexity index is 1720. The fourth-order valence-electron chi connectivity index (χ4n) is 4.47. The Morgan fingerprint density at radius 3 is 2.56 bits per heavy atom. The maximum atomic E-state index is 14.0. The van der Waals surface area contributed by atoms with E-state index in [1.165, 1.54) is 36.1 Å². The topological polar surface area (TPSA) is 176 Å². The second kappa shape index (κ2) is 12.0. The Labute approximate surface area is 239 Å². The molecule has 0 spiro atoms. The molecular weight excluding hydrogens is 568 g/mol. The number of aromatic nitrogens is 3. The van der Waals surface area contributed by atoms with Crippen molar-refractivity contribution in [3.63, 3.8) is 0 Å². The molecule has 3 aromatic heterocycles. The number of amides is 1. The highest BCUT2D eigenvalue weighted by molar-refractivity contribution is 7.89. The van der Waals surface area contributed by atoms with Crippen LogP contribution in [-0.2, 0) is 23.0 Å². The summed E-state index contributed by atoms with van der Waals surface area (Å²) < 4.78 is 34.4. The Morgan fingerprint density at radius 1 is 1.10 bits per heavy atom. The quantitative estimate of drug-likeness (QED) is 0.205. The number of aliphatic hydroxyl groups is 1. The van der Waals surface area contributed by atoms with E-state index < -0.39 is 34.8 Å². The average molecular weight is 595 g/mol. The minimum atomic E-state index is -4.25. The number of thiazole rings is 1. The molecular formula is C27H26N6O6S2. The molecule has 212 valence electrons. The van der Waals surface area contributed by atoms with Crippen LogP contribution in [0.25, 0.3) is 11.1 Å². The van der Waals surface area contributed by atoms with Crippen molar-refractivity contribution in [3.05, 3.63) is 95.9 Å². The lowest BCUT2D eigenvalue weighted by atomic mass is 9.99. The molecule has 0 bridgehead atoms.